The van der Waals surface area contributed by atoms with Gasteiger partial charge in [-0.3, -0.25) is 0 Å². The van der Waals surface area contributed by atoms with Crippen molar-refractivity contribution in [3.05, 3.63) is 182 Å². The van der Waals surface area contributed by atoms with Gasteiger partial charge in [0.2, 0.25) is 0 Å². The Hall–Kier alpha value is -0.184. The van der Waals surface area contributed by atoms with Crippen LogP contribution in [0, 0.1) is 0 Å². The molecular weight excluding hydrogens is 1140 g/mol. The topological polar surface area (TPSA) is 36.9 Å². The Bertz CT molecular complexity index is 2110. The van der Waals surface area contributed by atoms with Crippen LogP contribution >= 0.6 is 28.5 Å². The third-order valence-electron chi connectivity index (χ3n) is 10.3. The molecule has 0 spiro atoms. The van der Waals surface area contributed by atoms with Gasteiger partial charge >= 0.3 is 368 Å². The molecule has 0 N–H and O–H groups in total. The molecule has 2 saturated heterocycles. The van der Waals surface area contributed by atoms with Crippen molar-refractivity contribution < 1.29 is 11.4 Å². The SMILES string of the molecule is CCS(CC)=P1([S][Sn]([O]P2(=S(CC)CC)[O][Sn]([c]3ccccc3)([c]3ccccc3)[S]2)([c]2ccccc2)[c]2ccccc2)[O][Sn]([c]2ccccc2)([c]2ccccc2)[O]1. The summed E-state index contributed by atoms with van der Waals surface area (Å²) >= 11 is -12.3. The molecule has 8 rings (SSSR count). The molecular formula is C44H50O4P2S4Sn3. The Morgan fingerprint density at radius 2 is 0.825 bits per heavy atom. The van der Waals surface area contributed by atoms with Gasteiger partial charge in [0.25, 0.3) is 0 Å². The summed E-state index contributed by atoms with van der Waals surface area (Å²) in [5, 5.41) is 0. The third-order valence-corrected chi connectivity index (χ3v) is 121. The van der Waals surface area contributed by atoms with Crippen molar-refractivity contribution in [1.29, 1.82) is 0 Å². The Balaban J connectivity index is 1.36. The van der Waals surface area contributed by atoms with Crippen molar-refractivity contribution in [2.24, 2.45) is 0 Å². The molecule has 296 valence electrons. The summed E-state index contributed by atoms with van der Waals surface area (Å²) in [5.74, 6) is 4.08. The molecule has 0 radical (unpaired) electrons. The monoisotopic (exact) mass is 1190 g/mol. The van der Waals surface area contributed by atoms with E-state index in [2.05, 4.69) is 227 Å². The summed E-state index contributed by atoms with van der Waals surface area (Å²) in [5.41, 5.74) is -5.09. The van der Waals surface area contributed by atoms with Crippen LogP contribution in [0.15, 0.2) is 182 Å². The van der Waals surface area contributed by atoms with E-state index in [0.29, 0.717) is 0 Å². The molecule has 0 aromatic heterocycles. The van der Waals surface area contributed by atoms with Crippen molar-refractivity contribution in [1.82, 2.24) is 0 Å². The van der Waals surface area contributed by atoms with Crippen molar-refractivity contribution in [2.45, 2.75) is 27.7 Å². The standard InChI is InChI=1S/6C6H5.2C4H10O2PS2.3Sn/c6*1-2-4-6-5-3-1;2*1-3-9(4-2)7(5,6)8;;;/h6*1-5H;2*3-4H2,1-2H3;;;/q;;;;;;2*-3;3*+2. The number of hydrogen-bond acceptors (Lipinski definition) is 6. The Morgan fingerprint density at radius 1 is 0.491 bits per heavy atom. The molecule has 2 aliphatic heterocycles. The molecule has 2 aliphatic rings. The van der Waals surface area contributed by atoms with Crippen LogP contribution in [-0.4, -0.2) is 77.0 Å². The second-order valence-corrected chi connectivity index (χ2v) is 75.8. The summed E-state index contributed by atoms with van der Waals surface area (Å²) in [6.45, 7) is 9.36. The average Bonchev–Trinajstić information content (AvgIpc) is 3.26. The fraction of sp³-hybridized carbons (Fsp3) is 0.182. The summed E-state index contributed by atoms with van der Waals surface area (Å²) in [4.78, 5) is 0. The summed E-state index contributed by atoms with van der Waals surface area (Å²) < 4.78 is 40.4. The zero-order chi connectivity index (χ0) is 39.4. The predicted molar refractivity (Wildman–Crippen MR) is 264 cm³/mol. The molecule has 6 aromatic rings. The van der Waals surface area contributed by atoms with E-state index >= 15 is 0 Å². The van der Waals surface area contributed by atoms with Crippen LogP contribution in [0.3, 0.4) is 0 Å². The molecule has 0 bridgehead atoms. The molecule has 0 amide bonds. The van der Waals surface area contributed by atoms with Gasteiger partial charge < -0.3 is 0 Å². The number of rotatable bonds is 14. The van der Waals surface area contributed by atoms with Crippen molar-refractivity contribution in [2.75, 3.05) is 23.0 Å². The second kappa shape index (κ2) is 19.1. The van der Waals surface area contributed by atoms with Gasteiger partial charge in [-0.05, 0) is 0 Å². The maximum absolute atomic E-state index is 8.51. The molecule has 4 nitrogen and oxygen atoms in total. The first kappa shape index (κ1) is 43.5. The summed E-state index contributed by atoms with van der Waals surface area (Å²) in [7, 11) is 4.07. The number of hydrogen-bond donors (Lipinski definition) is 0. The quantitative estimate of drug-likeness (QED) is 0.0802. The second-order valence-electron chi connectivity index (χ2n) is 13.6. The van der Waals surface area contributed by atoms with Crippen LogP contribution in [0.5, 0.6) is 0 Å². The molecule has 6 aromatic carbocycles. The first-order chi connectivity index (χ1) is 27.9. The van der Waals surface area contributed by atoms with E-state index in [4.69, 9.17) is 11.4 Å². The van der Waals surface area contributed by atoms with E-state index in [1.54, 1.807) is 0 Å². The molecule has 57 heavy (non-hydrogen) atoms. The Kier molecular flexibility index (Phi) is 14.5. The van der Waals surface area contributed by atoms with Crippen molar-refractivity contribution in [3.8, 4) is 0 Å². The molecule has 13 heteroatoms. The van der Waals surface area contributed by atoms with Gasteiger partial charge in [0, 0.05) is 0 Å². The van der Waals surface area contributed by atoms with Crippen LogP contribution in [0.4, 0.5) is 0 Å². The summed E-state index contributed by atoms with van der Waals surface area (Å²) in [6.07, 6.45) is 0. The van der Waals surface area contributed by atoms with Gasteiger partial charge in [-0.2, -0.15) is 0 Å². The van der Waals surface area contributed by atoms with Crippen LogP contribution in [-0.2, 0) is 31.6 Å². The first-order valence-electron chi connectivity index (χ1n) is 19.6. The fourth-order valence-electron chi connectivity index (χ4n) is 7.48. The average molecular weight is 1190 g/mol. The Labute approximate surface area is 363 Å². The zero-order valence-corrected chi connectivity index (χ0v) is 46.4. The van der Waals surface area contributed by atoms with E-state index in [9.17, 15) is 0 Å². The molecule has 1 atom stereocenters. The fourth-order valence-corrected chi connectivity index (χ4v) is 182. The van der Waals surface area contributed by atoms with Gasteiger partial charge in [-0.1, -0.05) is 0 Å². The van der Waals surface area contributed by atoms with Crippen LogP contribution in [0.2, 0.25) is 0 Å². The molecule has 0 saturated carbocycles. The predicted octanol–water partition coefficient (Wildman–Crippen LogP) is 8.99. The molecule has 2 fully saturated rings. The molecule has 2 heterocycles. The minimum atomic E-state index is -4.46. The van der Waals surface area contributed by atoms with Crippen LogP contribution in [0.25, 0.3) is 0 Å². The molecule has 1 unspecified atom stereocenters. The van der Waals surface area contributed by atoms with Gasteiger partial charge in [0.15, 0.2) is 0 Å². The maximum atomic E-state index is 8.51. The van der Waals surface area contributed by atoms with Gasteiger partial charge in [-0.25, -0.2) is 0 Å². The first-order valence-corrected chi connectivity index (χ1v) is 50.3. The van der Waals surface area contributed by atoms with E-state index in [0.717, 1.165) is 23.0 Å². The van der Waals surface area contributed by atoms with Crippen molar-refractivity contribution in [3.63, 3.8) is 0 Å². The zero-order valence-electron chi connectivity index (χ0n) is 32.8. The van der Waals surface area contributed by atoms with Gasteiger partial charge in [-0.15, -0.1) is 0 Å². The third kappa shape index (κ3) is 8.27. The number of benzene rings is 6. The minimum absolute atomic E-state index is 0.0771. The van der Waals surface area contributed by atoms with E-state index < -0.39 is 65.4 Å². The van der Waals surface area contributed by atoms with Gasteiger partial charge in [0.1, 0.15) is 0 Å². The van der Waals surface area contributed by atoms with Crippen LogP contribution < -0.4 is 21.5 Å². The van der Waals surface area contributed by atoms with Gasteiger partial charge in [0.05, 0.1) is 0 Å². The van der Waals surface area contributed by atoms with E-state index in [1.807, 2.05) is 0 Å². The Morgan fingerprint density at radius 3 is 1.18 bits per heavy atom. The molecule has 0 aliphatic carbocycles. The van der Waals surface area contributed by atoms with E-state index in [1.165, 1.54) is 21.5 Å². The van der Waals surface area contributed by atoms with Crippen LogP contribution in [0.1, 0.15) is 27.7 Å². The summed E-state index contributed by atoms with van der Waals surface area (Å²) in [6, 6.07) is 66.4. The van der Waals surface area contributed by atoms with Crippen molar-refractivity contribution >= 4 is 124 Å². The van der Waals surface area contributed by atoms with E-state index in [-0.39, 0.29) is 20.1 Å². The normalized spacial score (nSPS) is 19.5.